The molecule has 1 aromatic heterocycles. The Hall–Kier alpha value is -7.02. The van der Waals surface area contributed by atoms with Crippen LogP contribution < -0.4 is 30.9 Å². The molecule has 4 heterocycles. The number of aryl methyl sites for hydroxylation is 1. The first-order valence-electron chi connectivity index (χ1n) is 36.7. The van der Waals surface area contributed by atoms with Gasteiger partial charge in [0.2, 0.25) is 30.1 Å². The SMILES string of the molecule is Cc1ncsc1-c1ccc([C@H](C)NC(=O)[C@@H]2C[C@@H](O)CN2C(=O)[C@@H](NC(=O)CCCCCNC(=O)[C@@H]2CCN(CC[C@H](CSc3ccccc3)Nc3ccc(S(=O)(=O)NC(=O)c4ccc(N5CCN(CC6=C(C78CC(C(F)F)(C7)C8)CC(C)(C)CC6)CC5)cc4)cc3S(=O)(=O)C(F)(F)F)C2)C(C)(C)C)cc1. The lowest BCUT2D eigenvalue weighted by Crippen LogP contribution is -2.66. The van der Waals surface area contributed by atoms with Crippen molar-refractivity contribution in [2.24, 2.45) is 27.6 Å². The van der Waals surface area contributed by atoms with Crippen LogP contribution in [0.4, 0.5) is 33.3 Å². The van der Waals surface area contributed by atoms with Crippen molar-refractivity contribution in [3.8, 4) is 10.4 Å². The average Bonchev–Trinajstić information content (AvgIpc) is 1.02. The molecule has 6 fully saturated rings. The summed E-state index contributed by atoms with van der Waals surface area (Å²) < 4.78 is 128. The number of allylic oxidation sites excluding steroid dienone is 1. The van der Waals surface area contributed by atoms with Crippen molar-refractivity contribution in [2.75, 3.05) is 81.4 Å². The fourth-order valence-corrected chi connectivity index (χ4v) is 19.9. The number of alkyl halides is 5. The number of benzene rings is 4. The summed E-state index contributed by atoms with van der Waals surface area (Å²) >= 11 is 2.92. The van der Waals surface area contributed by atoms with Crippen LogP contribution in [0.1, 0.15) is 153 Å². The van der Waals surface area contributed by atoms with Crippen molar-refractivity contribution >= 4 is 83.9 Å². The Morgan fingerprint density at radius 3 is 2.17 bits per heavy atom. The van der Waals surface area contributed by atoms with E-state index in [2.05, 4.69) is 49.9 Å². The zero-order valence-electron chi connectivity index (χ0n) is 61.2. The van der Waals surface area contributed by atoms with Gasteiger partial charge in [0, 0.05) is 105 Å². The van der Waals surface area contributed by atoms with Gasteiger partial charge >= 0.3 is 5.51 Å². The zero-order valence-corrected chi connectivity index (χ0v) is 64.5. The number of carbonyl (C=O) groups excluding carboxylic acids is 5. The van der Waals surface area contributed by atoms with Gasteiger partial charge in [-0.3, -0.25) is 28.9 Å². The molecule has 3 saturated heterocycles. The van der Waals surface area contributed by atoms with Crippen LogP contribution in [0.5, 0.6) is 0 Å². The Kier molecular flexibility index (Phi) is 24.6. The monoisotopic (exact) mass is 1550 g/mol. The number of sulfonamides is 1. The molecule has 20 nitrogen and oxygen atoms in total. The molecule has 12 rings (SSSR count). The lowest BCUT2D eigenvalue weighted by atomic mass is 9.32. The fraction of sp³-hybridized carbons (Fsp3) is 0.558. The minimum atomic E-state index is -6.21. The van der Waals surface area contributed by atoms with Gasteiger partial charge in [-0.15, -0.1) is 23.1 Å². The predicted molar refractivity (Wildman–Crippen MR) is 400 cm³/mol. The number of thioether (sulfide) groups is 1. The van der Waals surface area contributed by atoms with E-state index in [9.17, 15) is 67.9 Å². The second-order valence-corrected chi connectivity index (χ2v) is 37.3. The number of β-amino-alcohol motifs (C(OH)–C–C–N with tert-alkyl or cyclic N) is 1. The van der Waals surface area contributed by atoms with E-state index in [0.29, 0.717) is 90.3 Å². The Balaban J connectivity index is 0.640. The topological polar surface area (TPSA) is 260 Å². The first-order chi connectivity index (χ1) is 50.0. The van der Waals surface area contributed by atoms with Crippen molar-refractivity contribution in [2.45, 2.75) is 189 Å². The molecule has 106 heavy (non-hydrogen) atoms. The van der Waals surface area contributed by atoms with Crippen LogP contribution in [0.2, 0.25) is 0 Å². The minimum Gasteiger partial charge on any atom is -0.391 e. The average molecular weight is 1550 g/mol. The number of sulfone groups is 1. The molecule has 29 heteroatoms. The second-order valence-electron chi connectivity index (χ2n) is 31.8. The second kappa shape index (κ2) is 32.7. The standard InChI is InChI=1S/C77H99F5N10O10S4/c1-49(51-17-19-52(20-18-51)66-50(2)84-48-104-66)85-70(97)63-38-58(93)43-92(63)71(98)67(73(3,4)5)87-65(94)16-12-9-13-31-83-68(95)55-28-32-89(42-55)33-29-56(44-103-59-14-10-8-11-15-59)86-62-26-25-60(39-64(62)105(99,100)77(80,81)82)106(101,102)88-69(96)53-21-23-57(24-22-53)91-36-34-90(35-37-91)41-54-27-30-74(6,7)40-61(54)75-45-76(46-75,47-75)72(78)79/h8,10-11,14-15,17-26,39,48-49,55-56,58,63,67,72,86,93H,9,12-13,16,27-38,40-47H2,1-7H3,(H,83,95)(H,85,97)(H,87,94)(H,88,96)/t49-,55+,56+,58+,63-,67+,75?,76?/m0/s1. The van der Waals surface area contributed by atoms with E-state index in [1.165, 1.54) is 39.9 Å². The number of amides is 5. The van der Waals surface area contributed by atoms with Crippen LogP contribution in [-0.4, -0.2) is 179 Å². The molecule has 0 unspecified atom stereocenters. The van der Waals surface area contributed by atoms with Gasteiger partial charge in [-0.1, -0.05) is 94.7 Å². The summed E-state index contributed by atoms with van der Waals surface area (Å²) in [5.41, 5.74) is 0.247. The van der Waals surface area contributed by atoms with Gasteiger partial charge in [0.15, 0.2) is 0 Å². The molecule has 5 amide bonds. The zero-order chi connectivity index (χ0) is 76.3. The van der Waals surface area contributed by atoms with Crippen LogP contribution in [0, 0.1) is 34.5 Å². The maximum atomic E-state index is 14.6. The summed E-state index contributed by atoms with van der Waals surface area (Å²) in [5, 5.41) is 22.7. The number of hydrogen-bond acceptors (Lipinski definition) is 17. The van der Waals surface area contributed by atoms with Crippen molar-refractivity contribution in [3.05, 3.63) is 131 Å². The van der Waals surface area contributed by atoms with E-state index >= 15 is 0 Å². The van der Waals surface area contributed by atoms with Gasteiger partial charge in [0.25, 0.3) is 25.8 Å². The molecule has 6 N–H and O–H groups in total. The van der Waals surface area contributed by atoms with Crippen molar-refractivity contribution < 1.29 is 67.9 Å². The number of hydrogen-bond donors (Lipinski definition) is 6. The number of piperazine rings is 1. The summed E-state index contributed by atoms with van der Waals surface area (Å²) in [6.07, 6.45) is 3.97. The maximum Gasteiger partial charge on any atom is 0.501 e. The number of aromatic nitrogens is 1. The highest BCUT2D eigenvalue weighted by molar-refractivity contribution is 7.99. The molecule has 576 valence electrons. The lowest BCUT2D eigenvalue weighted by molar-refractivity contribution is -0.250. The molecule has 2 bridgehead atoms. The van der Waals surface area contributed by atoms with Gasteiger partial charge in [-0.25, -0.2) is 35.3 Å². The summed E-state index contributed by atoms with van der Waals surface area (Å²) in [6, 6.07) is 22.4. The highest BCUT2D eigenvalue weighted by atomic mass is 32.2. The molecule has 0 radical (unpaired) electrons. The number of carbonyl (C=O) groups is 5. The Labute approximate surface area is 627 Å². The third kappa shape index (κ3) is 18.6. The van der Waals surface area contributed by atoms with Gasteiger partial charge in [-0.2, -0.15) is 13.2 Å². The quantitative estimate of drug-likeness (QED) is 0.0108. The molecule has 0 spiro atoms. The van der Waals surface area contributed by atoms with Gasteiger partial charge in [0.05, 0.1) is 44.7 Å². The van der Waals surface area contributed by atoms with E-state index in [1.807, 2.05) is 98.8 Å². The number of halogens is 5. The smallest absolute Gasteiger partial charge is 0.391 e. The van der Waals surface area contributed by atoms with Crippen molar-refractivity contribution in [1.82, 2.24) is 40.4 Å². The van der Waals surface area contributed by atoms with E-state index in [4.69, 9.17) is 0 Å². The highest BCUT2D eigenvalue weighted by Crippen LogP contribution is 2.79. The predicted octanol–water partition coefficient (Wildman–Crippen LogP) is 11.9. The Morgan fingerprint density at radius 1 is 0.821 bits per heavy atom. The normalized spacial score (nSPS) is 23.0. The molecule has 4 aromatic carbocycles. The molecule has 3 saturated carbocycles. The van der Waals surface area contributed by atoms with Crippen LogP contribution >= 0.6 is 23.1 Å². The van der Waals surface area contributed by atoms with Crippen LogP contribution in [-0.2, 0) is 39.0 Å². The molecule has 7 aliphatic rings. The first kappa shape index (κ1) is 80.0. The van der Waals surface area contributed by atoms with Crippen LogP contribution in [0.15, 0.2) is 128 Å². The number of thiazole rings is 1. The number of anilines is 2. The number of unbranched alkanes of at least 4 members (excludes halogenated alkanes) is 2. The number of rotatable bonds is 30. The minimum absolute atomic E-state index is 0.0449. The highest BCUT2D eigenvalue weighted by Gasteiger charge is 2.73. The van der Waals surface area contributed by atoms with E-state index < -0.39 is 106 Å². The largest absolute Gasteiger partial charge is 0.501 e. The molecule has 3 aliphatic heterocycles. The van der Waals surface area contributed by atoms with E-state index in [-0.39, 0.29) is 65.7 Å². The van der Waals surface area contributed by atoms with Crippen molar-refractivity contribution in [3.63, 3.8) is 0 Å². The van der Waals surface area contributed by atoms with E-state index in [0.717, 1.165) is 83.3 Å². The third-order valence-electron chi connectivity index (χ3n) is 22.2. The summed E-state index contributed by atoms with van der Waals surface area (Å²) in [5.74, 6) is -2.64. The number of nitrogens with one attached hydrogen (secondary N) is 5. The Morgan fingerprint density at radius 2 is 1.52 bits per heavy atom. The fourth-order valence-electron chi connectivity index (χ4n) is 16.0. The van der Waals surface area contributed by atoms with Crippen LogP contribution in [0.25, 0.3) is 10.4 Å². The summed E-state index contributed by atoms with van der Waals surface area (Å²) in [6.45, 7) is 18.9. The van der Waals surface area contributed by atoms with Gasteiger partial charge in [-0.05, 0) is 167 Å². The summed E-state index contributed by atoms with van der Waals surface area (Å²) in [4.78, 5) is 80.6. The van der Waals surface area contributed by atoms with Gasteiger partial charge in [0.1, 0.15) is 17.0 Å². The van der Waals surface area contributed by atoms with Crippen molar-refractivity contribution in [1.29, 1.82) is 0 Å². The lowest BCUT2D eigenvalue weighted by Gasteiger charge is -2.72. The van der Waals surface area contributed by atoms with Gasteiger partial charge < -0.3 is 41.1 Å². The maximum absolute atomic E-state index is 14.6. The molecule has 6 atom stereocenters. The molecular formula is C77H99F5N10O10S4. The molecule has 4 aliphatic carbocycles. The summed E-state index contributed by atoms with van der Waals surface area (Å²) in [7, 11) is -11.2. The Bertz CT molecular complexity index is 4240. The number of likely N-dealkylation sites (tertiary alicyclic amines) is 2. The first-order valence-corrected chi connectivity index (χ1v) is 41.5. The van der Waals surface area contributed by atoms with Crippen LogP contribution in [0.3, 0.4) is 0 Å². The van der Waals surface area contributed by atoms with E-state index in [1.54, 1.807) is 29.0 Å². The number of nitrogens with zero attached hydrogens (tertiary/aromatic N) is 5. The molecular weight excluding hydrogens is 1450 g/mol. The number of aliphatic hydroxyl groups is 1. The molecule has 5 aromatic rings. The number of aliphatic hydroxyl groups excluding tert-OH is 1. The third-order valence-corrected chi connectivity index (χ3v) is 27.2.